The Morgan fingerprint density at radius 3 is 2.47 bits per heavy atom. The van der Waals surface area contributed by atoms with Gasteiger partial charge in [0.25, 0.3) is 0 Å². The van der Waals surface area contributed by atoms with E-state index in [0.29, 0.717) is 37.6 Å². The van der Waals surface area contributed by atoms with Gasteiger partial charge in [-0.25, -0.2) is 0 Å². The smallest absolute Gasteiger partial charge is 0.243 e. The van der Waals surface area contributed by atoms with Gasteiger partial charge >= 0.3 is 0 Å². The van der Waals surface area contributed by atoms with E-state index in [-0.39, 0.29) is 17.4 Å². The zero-order valence-electron chi connectivity index (χ0n) is 12.0. The highest BCUT2D eigenvalue weighted by molar-refractivity contribution is 7.85. The van der Waals surface area contributed by atoms with E-state index in [9.17, 15) is 9.00 Å². The molecule has 1 aliphatic heterocycles. The molecule has 5 nitrogen and oxygen atoms in total. The summed E-state index contributed by atoms with van der Waals surface area (Å²) in [6, 6.07) is 0. The van der Waals surface area contributed by atoms with E-state index in [1.807, 2.05) is 20.8 Å². The van der Waals surface area contributed by atoms with Crippen LogP contribution < -0.4 is 5.73 Å². The van der Waals surface area contributed by atoms with Crippen molar-refractivity contribution in [1.29, 1.82) is 0 Å². The Balaban J connectivity index is 2.05. The molecule has 0 aromatic carbocycles. The fourth-order valence-electron chi connectivity index (χ4n) is 2.92. The Morgan fingerprint density at radius 1 is 1.42 bits per heavy atom. The molecule has 2 unspecified atom stereocenters. The normalized spacial score (nSPS) is 34.9. The first-order valence-electron chi connectivity index (χ1n) is 6.87. The number of ether oxygens (including phenoxy) is 1. The van der Waals surface area contributed by atoms with Gasteiger partial charge in [-0.3, -0.25) is 9.00 Å². The number of rotatable bonds is 3. The second-order valence-electron chi connectivity index (χ2n) is 5.98. The first-order chi connectivity index (χ1) is 8.83. The van der Waals surface area contributed by atoms with E-state index in [1.165, 1.54) is 0 Å². The molecule has 0 aromatic heterocycles. The van der Waals surface area contributed by atoms with Crippen LogP contribution in [0.25, 0.3) is 0 Å². The molecule has 1 amide bonds. The third kappa shape index (κ3) is 2.34. The maximum absolute atomic E-state index is 12.6. The lowest BCUT2D eigenvalue weighted by atomic mass is 9.54. The van der Waals surface area contributed by atoms with Gasteiger partial charge in [0.05, 0.1) is 6.10 Å². The van der Waals surface area contributed by atoms with Gasteiger partial charge in [-0.1, -0.05) is 13.8 Å². The summed E-state index contributed by atoms with van der Waals surface area (Å²) in [7, 11) is -0.777. The van der Waals surface area contributed by atoms with E-state index in [2.05, 4.69) is 0 Å². The van der Waals surface area contributed by atoms with Gasteiger partial charge in [-0.15, -0.1) is 0 Å². The van der Waals surface area contributed by atoms with E-state index in [1.54, 1.807) is 4.90 Å². The molecule has 1 heterocycles. The van der Waals surface area contributed by atoms with Crippen molar-refractivity contribution in [2.75, 3.05) is 31.2 Å². The summed E-state index contributed by atoms with van der Waals surface area (Å²) in [5.41, 5.74) is 5.17. The Morgan fingerprint density at radius 2 is 2.00 bits per heavy atom. The number of nitrogens with zero attached hydrogens (tertiary/aromatic N) is 1. The zero-order valence-corrected chi connectivity index (χ0v) is 12.8. The van der Waals surface area contributed by atoms with Crippen molar-refractivity contribution >= 4 is 16.7 Å². The van der Waals surface area contributed by atoms with Gasteiger partial charge in [-0.2, -0.15) is 0 Å². The third-order valence-electron chi connectivity index (χ3n) is 4.68. The Hall–Kier alpha value is -0.460. The predicted octanol–water partition coefficient (Wildman–Crippen LogP) is 0.110. The first-order valence-corrected chi connectivity index (χ1v) is 8.36. The summed E-state index contributed by atoms with van der Waals surface area (Å²) in [4.78, 5) is 14.4. The second-order valence-corrected chi connectivity index (χ2v) is 7.68. The van der Waals surface area contributed by atoms with Crippen molar-refractivity contribution in [2.45, 2.75) is 38.8 Å². The molecule has 0 spiro atoms. The number of carbonyl (C=O) groups is 1. The second kappa shape index (κ2) is 5.14. The van der Waals surface area contributed by atoms with Crippen molar-refractivity contribution in [3.8, 4) is 0 Å². The lowest BCUT2D eigenvalue weighted by Gasteiger charge is -2.58. The SMILES string of the molecule is CCOC1CC(N)(C(=O)N2CCS(=O)CC2)C1(C)C. The predicted molar refractivity (Wildman–Crippen MR) is 75.2 cm³/mol. The molecule has 0 radical (unpaired) electrons. The van der Waals surface area contributed by atoms with Crippen LogP contribution in [0.3, 0.4) is 0 Å². The number of nitrogens with two attached hydrogens (primary N) is 1. The van der Waals surface area contributed by atoms with Crippen LogP contribution in [0.5, 0.6) is 0 Å². The van der Waals surface area contributed by atoms with Crippen LogP contribution in [0.15, 0.2) is 0 Å². The van der Waals surface area contributed by atoms with Crippen molar-refractivity contribution < 1.29 is 13.7 Å². The van der Waals surface area contributed by atoms with Gasteiger partial charge < -0.3 is 15.4 Å². The minimum atomic E-state index is -0.842. The van der Waals surface area contributed by atoms with E-state index in [4.69, 9.17) is 10.5 Å². The lowest BCUT2D eigenvalue weighted by Crippen LogP contribution is -2.76. The first kappa shape index (κ1) is 14.9. The molecule has 0 aromatic rings. The molecule has 1 saturated carbocycles. The zero-order chi connectivity index (χ0) is 14.3. The molecule has 2 atom stereocenters. The molecular formula is C13H24N2O3S. The van der Waals surface area contributed by atoms with E-state index < -0.39 is 16.3 Å². The van der Waals surface area contributed by atoms with Gasteiger partial charge in [0, 0.05) is 53.8 Å². The highest BCUT2D eigenvalue weighted by Gasteiger charge is 2.63. The van der Waals surface area contributed by atoms with Crippen molar-refractivity contribution in [1.82, 2.24) is 4.90 Å². The summed E-state index contributed by atoms with van der Waals surface area (Å²) >= 11 is 0. The van der Waals surface area contributed by atoms with Gasteiger partial charge in [0.15, 0.2) is 0 Å². The minimum Gasteiger partial charge on any atom is -0.378 e. The molecule has 1 aliphatic carbocycles. The maximum atomic E-state index is 12.6. The molecule has 110 valence electrons. The summed E-state index contributed by atoms with van der Waals surface area (Å²) in [5.74, 6) is 1.12. The molecule has 6 heteroatoms. The van der Waals surface area contributed by atoms with Crippen LogP contribution in [0.2, 0.25) is 0 Å². The Labute approximate surface area is 117 Å². The van der Waals surface area contributed by atoms with Crippen LogP contribution in [0.4, 0.5) is 0 Å². The quantitative estimate of drug-likeness (QED) is 0.800. The number of carbonyl (C=O) groups excluding carboxylic acids is 1. The summed E-state index contributed by atoms with van der Waals surface area (Å²) < 4.78 is 17.0. The summed E-state index contributed by atoms with van der Waals surface area (Å²) in [6.45, 7) is 7.70. The minimum absolute atomic E-state index is 0.00912. The molecule has 2 rings (SSSR count). The van der Waals surface area contributed by atoms with Gasteiger partial charge in [0.2, 0.25) is 5.91 Å². The molecular weight excluding hydrogens is 264 g/mol. The Kier molecular flexibility index (Phi) is 4.05. The molecule has 0 bridgehead atoms. The van der Waals surface area contributed by atoms with Gasteiger partial charge in [0.1, 0.15) is 5.54 Å². The van der Waals surface area contributed by atoms with Crippen molar-refractivity contribution in [3.63, 3.8) is 0 Å². The largest absolute Gasteiger partial charge is 0.378 e. The fourth-order valence-corrected chi connectivity index (χ4v) is 3.97. The van der Waals surface area contributed by atoms with Crippen LogP contribution in [0, 0.1) is 5.41 Å². The Bertz CT molecular complexity index is 389. The molecule has 19 heavy (non-hydrogen) atoms. The van der Waals surface area contributed by atoms with E-state index in [0.717, 1.165) is 0 Å². The monoisotopic (exact) mass is 288 g/mol. The fraction of sp³-hybridized carbons (Fsp3) is 0.923. The van der Waals surface area contributed by atoms with Gasteiger partial charge in [-0.05, 0) is 6.92 Å². The maximum Gasteiger partial charge on any atom is 0.243 e. The number of hydrogen-bond donors (Lipinski definition) is 1. The van der Waals surface area contributed by atoms with Crippen LogP contribution in [0.1, 0.15) is 27.2 Å². The molecule has 2 fully saturated rings. The average Bonchev–Trinajstić information content (AvgIpc) is 2.38. The molecule has 2 N–H and O–H groups in total. The van der Waals surface area contributed by atoms with E-state index >= 15 is 0 Å². The van der Waals surface area contributed by atoms with Crippen LogP contribution in [-0.4, -0.2) is 57.9 Å². The third-order valence-corrected chi connectivity index (χ3v) is 5.95. The topological polar surface area (TPSA) is 72.6 Å². The van der Waals surface area contributed by atoms with Crippen molar-refractivity contribution in [3.05, 3.63) is 0 Å². The lowest BCUT2D eigenvalue weighted by molar-refractivity contribution is -0.179. The molecule has 2 aliphatic rings. The van der Waals surface area contributed by atoms with Crippen LogP contribution in [-0.2, 0) is 20.3 Å². The number of amides is 1. The van der Waals surface area contributed by atoms with Crippen molar-refractivity contribution in [2.24, 2.45) is 11.1 Å². The van der Waals surface area contributed by atoms with Crippen LogP contribution >= 0.6 is 0 Å². The molecule has 1 saturated heterocycles. The summed E-state index contributed by atoms with van der Waals surface area (Å²) in [6.07, 6.45) is 0.622. The average molecular weight is 288 g/mol. The highest BCUT2D eigenvalue weighted by Crippen LogP contribution is 2.50. The summed E-state index contributed by atoms with van der Waals surface area (Å²) in [5, 5.41) is 0. The number of hydrogen-bond acceptors (Lipinski definition) is 4. The highest BCUT2D eigenvalue weighted by atomic mass is 32.2. The standard InChI is InChI=1S/C13H24N2O3S/c1-4-18-10-9-13(14,12(10,2)3)11(16)15-5-7-19(17)8-6-15/h10H,4-9,14H2,1-3H3.